The third-order valence-electron chi connectivity index (χ3n) is 6.30. The molecule has 2 amide bonds. The van der Waals surface area contributed by atoms with Gasteiger partial charge in [-0.3, -0.25) is 14.5 Å². The maximum Gasteiger partial charge on any atom is 0.257 e. The predicted octanol–water partition coefficient (Wildman–Crippen LogP) is 3.17. The maximum atomic E-state index is 14.0. The van der Waals surface area contributed by atoms with E-state index in [9.17, 15) is 18.4 Å². The predicted molar refractivity (Wildman–Crippen MR) is 128 cm³/mol. The second-order valence-electron chi connectivity index (χ2n) is 8.99. The van der Waals surface area contributed by atoms with Crippen molar-refractivity contribution >= 4 is 11.8 Å². The van der Waals surface area contributed by atoms with E-state index in [4.69, 9.17) is 0 Å². The SMILES string of the molecule is CCN1CCN(Cc2ccccc2CNC(=O)C(NC(=O)c2c(F)cccc2F)C(C)C)CC1. The van der Waals surface area contributed by atoms with E-state index in [1.807, 2.05) is 18.2 Å². The average Bonchev–Trinajstić information content (AvgIpc) is 2.82. The van der Waals surface area contributed by atoms with Crippen molar-refractivity contribution < 1.29 is 18.4 Å². The molecule has 2 aromatic carbocycles. The van der Waals surface area contributed by atoms with Gasteiger partial charge in [-0.2, -0.15) is 0 Å². The van der Waals surface area contributed by atoms with Crippen LogP contribution >= 0.6 is 0 Å². The first-order valence-corrected chi connectivity index (χ1v) is 11.8. The molecule has 1 atom stereocenters. The molecule has 3 rings (SSSR count). The van der Waals surface area contributed by atoms with Gasteiger partial charge in [0.2, 0.25) is 5.91 Å². The maximum absolute atomic E-state index is 14.0. The number of likely N-dealkylation sites (N-methyl/N-ethyl adjacent to an activating group) is 1. The summed E-state index contributed by atoms with van der Waals surface area (Å²) >= 11 is 0. The molecule has 1 fully saturated rings. The van der Waals surface area contributed by atoms with Gasteiger partial charge < -0.3 is 15.5 Å². The first-order valence-electron chi connectivity index (χ1n) is 11.8. The van der Waals surface area contributed by atoms with E-state index < -0.39 is 35.1 Å². The van der Waals surface area contributed by atoms with Crippen LogP contribution in [0.1, 0.15) is 42.3 Å². The van der Waals surface area contributed by atoms with E-state index in [0.717, 1.165) is 62.5 Å². The number of hydrogen-bond donors (Lipinski definition) is 2. The zero-order valence-electron chi connectivity index (χ0n) is 20.1. The van der Waals surface area contributed by atoms with E-state index in [-0.39, 0.29) is 5.92 Å². The summed E-state index contributed by atoms with van der Waals surface area (Å²) in [7, 11) is 0. The summed E-state index contributed by atoms with van der Waals surface area (Å²) in [6.07, 6.45) is 0. The number of nitrogens with one attached hydrogen (secondary N) is 2. The van der Waals surface area contributed by atoms with Gasteiger partial charge in [0.1, 0.15) is 23.2 Å². The first-order chi connectivity index (χ1) is 16.3. The molecule has 1 heterocycles. The lowest BCUT2D eigenvalue weighted by molar-refractivity contribution is -0.124. The minimum absolute atomic E-state index is 0.274. The quantitative estimate of drug-likeness (QED) is 0.589. The van der Waals surface area contributed by atoms with Crippen LogP contribution in [0, 0.1) is 17.6 Å². The van der Waals surface area contributed by atoms with Gasteiger partial charge in [-0.1, -0.05) is 51.1 Å². The molecule has 0 aliphatic carbocycles. The molecule has 8 heteroatoms. The van der Waals surface area contributed by atoms with Gasteiger partial charge in [-0.05, 0) is 35.7 Å². The van der Waals surface area contributed by atoms with Crippen LogP contribution in [0.3, 0.4) is 0 Å². The van der Waals surface area contributed by atoms with Gasteiger partial charge in [-0.25, -0.2) is 8.78 Å². The van der Waals surface area contributed by atoms with Gasteiger partial charge in [0.15, 0.2) is 0 Å². The molecule has 0 radical (unpaired) electrons. The van der Waals surface area contributed by atoms with E-state index in [1.54, 1.807) is 13.8 Å². The number of hydrogen-bond acceptors (Lipinski definition) is 4. The third kappa shape index (κ3) is 6.61. The van der Waals surface area contributed by atoms with Gasteiger partial charge in [-0.15, -0.1) is 0 Å². The molecule has 0 saturated carbocycles. The fraction of sp³-hybridized carbons (Fsp3) is 0.462. The number of carbonyl (C=O) groups excluding carboxylic acids is 2. The minimum atomic E-state index is -0.964. The molecule has 1 saturated heterocycles. The van der Waals surface area contributed by atoms with E-state index in [2.05, 4.69) is 33.4 Å². The zero-order valence-corrected chi connectivity index (χ0v) is 20.1. The molecular formula is C26H34F2N4O2. The van der Waals surface area contributed by atoms with E-state index in [0.29, 0.717) is 6.54 Å². The van der Waals surface area contributed by atoms with Crippen LogP contribution in [0.25, 0.3) is 0 Å². The van der Waals surface area contributed by atoms with Crippen LogP contribution in [-0.4, -0.2) is 60.4 Å². The molecule has 6 nitrogen and oxygen atoms in total. The number of amides is 2. The monoisotopic (exact) mass is 472 g/mol. The molecule has 1 aliphatic heterocycles. The Bertz CT molecular complexity index is 970. The Balaban J connectivity index is 1.63. The zero-order chi connectivity index (χ0) is 24.7. The van der Waals surface area contributed by atoms with Gasteiger partial charge in [0.05, 0.1) is 0 Å². The summed E-state index contributed by atoms with van der Waals surface area (Å²) in [4.78, 5) is 30.3. The Hall–Kier alpha value is -2.84. The number of nitrogens with zero attached hydrogens (tertiary/aromatic N) is 2. The van der Waals surface area contributed by atoms with Gasteiger partial charge in [0.25, 0.3) is 5.91 Å². The van der Waals surface area contributed by atoms with Crippen molar-refractivity contribution in [2.75, 3.05) is 32.7 Å². The van der Waals surface area contributed by atoms with Crippen LogP contribution in [-0.2, 0) is 17.9 Å². The Morgan fingerprint density at radius 1 is 0.912 bits per heavy atom. The third-order valence-corrected chi connectivity index (χ3v) is 6.30. The Labute approximate surface area is 200 Å². The Morgan fingerprint density at radius 2 is 1.50 bits per heavy atom. The van der Waals surface area contributed by atoms with Crippen LogP contribution in [0.5, 0.6) is 0 Å². The standard InChI is InChI=1S/C26H34F2N4O2/c1-4-31-12-14-32(15-13-31)17-20-9-6-5-8-19(20)16-29-26(34)24(18(2)3)30-25(33)23-21(27)10-7-11-22(23)28/h5-11,18,24H,4,12-17H2,1-3H3,(H,29,34)(H,30,33). The number of piperazine rings is 1. The highest BCUT2D eigenvalue weighted by molar-refractivity contribution is 5.98. The van der Waals surface area contributed by atoms with Crippen LogP contribution in [0.4, 0.5) is 8.78 Å². The van der Waals surface area contributed by atoms with Crippen molar-refractivity contribution in [1.29, 1.82) is 0 Å². The van der Waals surface area contributed by atoms with Crippen molar-refractivity contribution in [2.24, 2.45) is 5.92 Å². The number of carbonyl (C=O) groups is 2. The molecule has 0 bridgehead atoms. The molecule has 1 aliphatic rings. The van der Waals surface area contributed by atoms with Crippen LogP contribution in [0.2, 0.25) is 0 Å². The summed E-state index contributed by atoms with van der Waals surface area (Å²) in [6.45, 7) is 12.0. The lowest BCUT2D eigenvalue weighted by Gasteiger charge is -2.34. The lowest BCUT2D eigenvalue weighted by atomic mass is 10.0. The van der Waals surface area contributed by atoms with Crippen LogP contribution < -0.4 is 10.6 Å². The highest BCUT2D eigenvalue weighted by Gasteiger charge is 2.27. The van der Waals surface area contributed by atoms with E-state index >= 15 is 0 Å². The normalized spacial score (nSPS) is 15.8. The molecule has 34 heavy (non-hydrogen) atoms. The average molecular weight is 473 g/mol. The number of benzene rings is 2. The highest BCUT2D eigenvalue weighted by atomic mass is 19.1. The molecule has 184 valence electrons. The Kier molecular flexibility index (Phi) is 9.12. The summed E-state index contributed by atoms with van der Waals surface area (Å²) in [5.41, 5.74) is 1.46. The second kappa shape index (κ2) is 12.0. The number of rotatable bonds is 9. The highest BCUT2D eigenvalue weighted by Crippen LogP contribution is 2.15. The van der Waals surface area contributed by atoms with E-state index in [1.165, 1.54) is 6.07 Å². The topological polar surface area (TPSA) is 64.7 Å². The first kappa shape index (κ1) is 25.8. The molecule has 2 aromatic rings. The fourth-order valence-electron chi connectivity index (χ4n) is 4.14. The van der Waals surface area contributed by atoms with Crippen molar-refractivity contribution in [3.05, 3.63) is 70.8 Å². The second-order valence-corrected chi connectivity index (χ2v) is 8.99. The van der Waals surface area contributed by atoms with Crippen molar-refractivity contribution in [3.63, 3.8) is 0 Å². The minimum Gasteiger partial charge on any atom is -0.350 e. The van der Waals surface area contributed by atoms with Crippen molar-refractivity contribution in [3.8, 4) is 0 Å². The summed E-state index contributed by atoms with van der Waals surface area (Å²) in [5, 5.41) is 5.39. The van der Waals surface area contributed by atoms with Crippen molar-refractivity contribution in [2.45, 2.75) is 39.9 Å². The molecule has 1 unspecified atom stereocenters. The Morgan fingerprint density at radius 3 is 2.09 bits per heavy atom. The summed E-state index contributed by atoms with van der Waals surface area (Å²) in [6, 6.07) is 10.3. The van der Waals surface area contributed by atoms with Crippen LogP contribution in [0.15, 0.2) is 42.5 Å². The lowest BCUT2D eigenvalue weighted by Crippen LogP contribution is -2.50. The largest absolute Gasteiger partial charge is 0.350 e. The fourth-order valence-corrected chi connectivity index (χ4v) is 4.14. The molecular weight excluding hydrogens is 438 g/mol. The molecule has 0 aromatic heterocycles. The molecule has 2 N–H and O–H groups in total. The van der Waals surface area contributed by atoms with Gasteiger partial charge in [0, 0.05) is 39.3 Å². The van der Waals surface area contributed by atoms with Gasteiger partial charge >= 0.3 is 0 Å². The van der Waals surface area contributed by atoms with Crippen molar-refractivity contribution in [1.82, 2.24) is 20.4 Å². The smallest absolute Gasteiger partial charge is 0.257 e. The molecule has 0 spiro atoms. The summed E-state index contributed by atoms with van der Waals surface area (Å²) < 4.78 is 28.0. The number of halogens is 2. The summed E-state index contributed by atoms with van der Waals surface area (Å²) in [5.74, 6) is -3.55.